The molecule has 48 heavy (non-hydrogen) atoms. The van der Waals surface area contributed by atoms with Gasteiger partial charge >= 0.3 is 11.9 Å². The van der Waals surface area contributed by atoms with Gasteiger partial charge in [-0.15, -0.1) is 0 Å². The molecule has 0 fully saturated rings. The summed E-state index contributed by atoms with van der Waals surface area (Å²) in [6.45, 7) is 3.95. The van der Waals surface area contributed by atoms with Gasteiger partial charge in [0.25, 0.3) is 0 Å². The molecule has 0 aliphatic rings. The first kappa shape index (κ1) is 45.6. The minimum absolute atomic E-state index is 0.0971. The zero-order valence-electron chi connectivity index (χ0n) is 31.2. The number of hydrogen-bond donors (Lipinski definition) is 1. The van der Waals surface area contributed by atoms with E-state index in [4.69, 9.17) is 9.47 Å². The molecule has 0 bridgehead atoms. The number of esters is 2. The third kappa shape index (κ3) is 36.4. The van der Waals surface area contributed by atoms with E-state index in [0.29, 0.717) is 12.8 Å². The lowest BCUT2D eigenvalue weighted by molar-refractivity contribution is -0.161. The molecule has 0 spiro atoms. The maximum absolute atomic E-state index is 12.1. The van der Waals surface area contributed by atoms with Crippen molar-refractivity contribution in [1.82, 2.24) is 0 Å². The molecule has 0 heterocycles. The zero-order chi connectivity index (χ0) is 35.0. The molecule has 0 aliphatic carbocycles. The fraction of sp³-hybridized carbons (Fsp3) is 0.721. The maximum atomic E-state index is 12.1. The van der Waals surface area contributed by atoms with Crippen LogP contribution in [-0.2, 0) is 19.1 Å². The van der Waals surface area contributed by atoms with E-state index in [1.807, 2.05) is 12.2 Å². The first-order valence-corrected chi connectivity index (χ1v) is 19.8. The maximum Gasteiger partial charge on any atom is 0.306 e. The molecule has 0 aromatic heterocycles. The molecular formula is C43H74O5. The topological polar surface area (TPSA) is 72.8 Å². The van der Waals surface area contributed by atoms with Gasteiger partial charge in [-0.05, 0) is 64.2 Å². The standard InChI is InChI=1S/C43H74O5/c1-3-5-7-9-11-13-15-17-18-19-20-21-22-23-24-26-27-29-31-33-35-37-42(45)47-40-41(39-44)48-43(46)38-36-34-32-30-28-25-16-14-12-10-8-6-4-2/h6,8,12,14,19-20,25,28,32,34,41,44H,3-5,7,9-11,13,15-18,21-24,26-27,29-31,33,35-40H2,1-2H3/b8-6-,14-12-,20-19-,28-25-,34-32-. The van der Waals surface area contributed by atoms with Gasteiger partial charge in [-0.2, -0.15) is 0 Å². The second-order valence-electron chi connectivity index (χ2n) is 13.0. The number of aliphatic hydroxyl groups is 1. The lowest BCUT2D eigenvalue weighted by Gasteiger charge is -2.15. The first-order valence-electron chi connectivity index (χ1n) is 19.8. The minimum atomic E-state index is -0.811. The van der Waals surface area contributed by atoms with Crippen molar-refractivity contribution in [3.8, 4) is 0 Å². The largest absolute Gasteiger partial charge is 0.462 e. The molecule has 1 unspecified atom stereocenters. The average Bonchev–Trinajstić information content (AvgIpc) is 3.09. The molecule has 0 saturated carbocycles. The van der Waals surface area contributed by atoms with Crippen LogP contribution in [0.15, 0.2) is 60.8 Å². The highest BCUT2D eigenvalue weighted by Crippen LogP contribution is 2.13. The molecule has 0 radical (unpaired) electrons. The van der Waals surface area contributed by atoms with Crippen molar-refractivity contribution in [2.45, 2.75) is 187 Å². The fourth-order valence-electron chi connectivity index (χ4n) is 5.33. The molecule has 0 aromatic carbocycles. The van der Waals surface area contributed by atoms with E-state index >= 15 is 0 Å². The second-order valence-corrected chi connectivity index (χ2v) is 13.0. The molecular weight excluding hydrogens is 596 g/mol. The predicted molar refractivity (Wildman–Crippen MR) is 205 cm³/mol. The minimum Gasteiger partial charge on any atom is -0.462 e. The molecule has 0 aliphatic heterocycles. The van der Waals surface area contributed by atoms with Gasteiger partial charge in [0.15, 0.2) is 6.10 Å². The van der Waals surface area contributed by atoms with E-state index in [1.54, 1.807) is 0 Å². The Morgan fingerprint density at radius 2 is 0.938 bits per heavy atom. The van der Waals surface area contributed by atoms with Gasteiger partial charge in [-0.1, -0.05) is 164 Å². The Balaban J connectivity index is 3.60. The zero-order valence-corrected chi connectivity index (χ0v) is 31.2. The number of hydrogen-bond acceptors (Lipinski definition) is 5. The monoisotopic (exact) mass is 671 g/mol. The van der Waals surface area contributed by atoms with E-state index in [9.17, 15) is 14.7 Å². The number of unbranched alkanes of at least 4 members (excludes halogenated alkanes) is 17. The second kappa shape index (κ2) is 39.0. The van der Waals surface area contributed by atoms with Crippen molar-refractivity contribution < 1.29 is 24.2 Å². The van der Waals surface area contributed by atoms with E-state index in [2.05, 4.69) is 62.5 Å². The molecule has 1 N–H and O–H groups in total. The number of carbonyl (C=O) groups excluding carboxylic acids is 2. The highest BCUT2D eigenvalue weighted by atomic mass is 16.6. The highest BCUT2D eigenvalue weighted by Gasteiger charge is 2.15. The Hall–Kier alpha value is -2.40. The molecule has 5 heteroatoms. The molecule has 0 aromatic rings. The van der Waals surface area contributed by atoms with Crippen molar-refractivity contribution in [2.24, 2.45) is 0 Å². The number of rotatable bonds is 35. The fourth-order valence-corrected chi connectivity index (χ4v) is 5.33. The summed E-state index contributed by atoms with van der Waals surface area (Å²) in [5.74, 6) is -0.690. The number of aliphatic hydroxyl groups excluding tert-OH is 1. The van der Waals surface area contributed by atoms with Crippen LogP contribution in [0.3, 0.4) is 0 Å². The number of ether oxygens (including phenoxy) is 2. The number of carbonyl (C=O) groups is 2. The Bertz CT molecular complexity index is 853. The highest BCUT2D eigenvalue weighted by molar-refractivity contribution is 5.70. The van der Waals surface area contributed by atoms with Gasteiger partial charge in [-0.3, -0.25) is 9.59 Å². The summed E-state index contributed by atoms with van der Waals surface area (Å²) >= 11 is 0. The summed E-state index contributed by atoms with van der Waals surface area (Å²) in [7, 11) is 0. The van der Waals surface area contributed by atoms with Crippen molar-refractivity contribution in [3.63, 3.8) is 0 Å². The van der Waals surface area contributed by atoms with Crippen molar-refractivity contribution >= 4 is 11.9 Å². The summed E-state index contributed by atoms with van der Waals surface area (Å²) in [5.41, 5.74) is 0. The molecule has 276 valence electrons. The van der Waals surface area contributed by atoms with Gasteiger partial charge in [0.1, 0.15) is 6.61 Å². The van der Waals surface area contributed by atoms with Crippen LogP contribution in [0.2, 0.25) is 0 Å². The van der Waals surface area contributed by atoms with E-state index < -0.39 is 12.1 Å². The van der Waals surface area contributed by atoms with Crippen LogP contribution in [0, 0.1) is 0 Å². The van der Waals surface area contributed by atoms with E-state index in [1.165, 1.54) is 103 Å². The third-order valence-corrected chi connectivity index (χ3v) is 8.31. The van der Waals surface area contributed by atoms with Crippen molar-refractivity contribution in [2.75, 3.05) is 13.2 Å². The van der Waals surface area contributed by atoms with Crippen LogP contribution in [-0.4, -0.2) is 36.4 Å². The molecule has 0 amide bonds. The summed E-state index contributed by atoms with van der Waals surface area (Å²) < 4.78 is 10.5. The van der Waals surface area contributed by atoms with E-state index in [-0.39, 0.29) is 25.6 Å². The van der Waals surface area contributed by atoms with Gasteiger partial charge in [0.2, 0.25) is 0 Å². The first-order chi connectivity index (χ1) is 23.6. The van der Waals surface area contributed by atoms with Gasteiger partial charge in [-0.25, -0.2) is 0 Å². The van der Waals surface area contributed by atoms with Crippen LogP contribution in [0.1, 0.15) is 181 Å². The predicted octanol–water partition coefficient (Wildman–Crippen LogP) is 12.4. The van der Waals surface area contributed by atoms with Crippen molar-refractivity contribution in [3.05, 3.63) is 60.8 Å². The summed E-state index contributed by atoms with van der Waals surface area (Å²) in [6, 6.07) is 0. The molecule has 0 rings (SSSR count). The van der Waals surface area contributed by atoms with Gasteiger partial charge < -0.3 is 14.6 Å². The molecule has 1 atom stereocenters. The lowest BCUT2D eigenvalue weighted by atomic mass is 10.1. The lowest BCUT2D eigenvalue weighted by Crippen LogP contribution is -2.28. The van der Waals surface area contributed by atoms with Crippen LogP contribution >= 0.6 is 0 Å². The Morgan fingerprint density at radius 3 is 1.44 bits per heavy atom. The average molecular weight is 671 g/mol. The Kier molecular flexibility index (Phi) is 37.1. The summed E-state index contributed by atoms with van der Waals surface area (Å²) in [5, 5.41) is 9.53. The third-order valence-electron chi connectivity index (χ3n) is 8.31. The smallest absolute Gasteiger partial charge is 0.306 e. The van der Waals surface area contributed by atoms with Crippen LogP contribution in [0.4, 0.5) is 0 Å². The number of allylic oxidation sites excluding steroid dienone is 10. The Morgan fingerprint density at radius 1 is 0.500 bits per heavy atom. The van der Waals surface area contributed by atoms with E-state index in [0.717, 1.165) is 44.9 Å². The SMILES string of the molecule is CC/C=C\C/C=C\C/C=C\C/C=C\CCC(=O)OC(CO)COC(=O)CCCCCCCCCCC/C=C\CCCCCCCCCC. The Labute approximate surface area is 296 Å². The molecule has 5 nitrogen and oxygen atoms in total. The molecule has 0 saturated heterocycles. The summed E-state index contributed by atoms with van der Waals surface area (Å²) in [6.07, 6.45) is 50.2. The quantitative estimate of drug-likeness (QED) is 0.0413. The van der Waals surface area contributed by atoms with Crippen LogP contribution < -0.4 is 0 Å². The van der Waals surface area contributed by atoms with Gasteiger partial charge in [0, 0.05) is 12.8 Å². The normalized spacial score (nSPS) is 12.8. The van der Waals surface area contributed by atoms with Crippen LogP contribution in [0.25, 0.3) is 0 Å². The van der Waals surface area contributed by atoms with Gasteiger partial charge in [0.05, 0.1) is 6.61 Å². The van der Waals surface area contributed by atoms with Crippen molar-refractivity contribution in [1.29, 1.82) is 0 Å². The summed E-state index contributed by atoms with van der Waals surface area (Å²) in [4.78, 5) is 24.2. The van der Waals surface area contributed by atoms with Crippen LogP contribution in [0.5, 0.6) is 0 Å².